The van der Waals surface area contributed by atoms with Crippen LogP contribution < -0.4 is 25.0 Å². The Morgan fingerprint density at radius 3 is 1.00 bits per heavy atom. The molecule has 0 heterocycles. The summed E-state index contributed by atoms with van der Waals surface area (Å²) < 4.78 is 0. The van der Waals surface area contributed by atoms with Crippen LogP contribution in [0.4, 0.5) is 0 Å². The Bertz CT molecular complexity index is 31.5. The first-order chi connectivity index (χ1) is 2.00. The van der Waals surface area contributed by atoms with Gasteiger partial charge in [-0.3, -0.25) is 0 Å². The minimum atomic E-state index is -4.61. The van der Waals surface area contributed by atoms with Crippen LogP contribution in [0, 0.1) is 0 Å². The Balaban J connectivity index is -0.0000000267. The molecule has 0 aromatic carbocycles. The van der Waals surface area contributed by atoms with Crippen LogP contribution in [-0.4, -0.2) is 28.2 Å². The summed E-state index contributed by atoms with van der Waals surface area (Å²) in [4.78, 5) is 29.3. The molecule has 0 atom stereocenters. The first kappa shape index (κ1) is 15.6. The van der Waals surface area contributed by atoms with E-state index < -0.39 is 9.05 Å². The predicted molar refractivity (Wildman–Crippen MR) is 20.8 cm³/mol. The first-order valence-electron chi connectivity index (χ1n) is 0.894. The number of hydrogen-bond acceptors (Lipinski definition) is 5. The van der Waals surface area contributed by atoms with E-state index in [0.29, 0.717) is 0 Å². The second-order valence-electron chi connectivity index (χ2n) is 0.600. The maximum absolute atomic E-state index is 7.33. The van der Waals surface area contributed by atoms with E-state index >= 15 is 0 Å². The van der Waals surface area contributed by atoms with E-state index in [0.717, 1.165) is 0 Å². The Hall–Kier alpha value is 0.614. The van der Waals surface area contributed by atoms with E-state index in [2.05, 4.69) is 0 Å². The van der Waals surface area contributed by atoms with Gasteiger partial charge in [-0.1, -0.05) is 0 Å². The summed E-state index contributed by atoms with van der Waals surface area (Å²) in [6, 6.07) is 0. The molecular formula is H8LiNO4Si. The average Bonchev–Trinajstić information content (AvgIpc) is 0.722. The molecule has 0 saturated heterocycles. The zero-order valence-electron chi connectivity index (χ0n) is 5.00. The summed E-state index contributed by atoms with van der Waals surface area (Å²) in [5.74, 6) is 0. The summed E-state index contributed by atoms with van der Waals surface area (Å²) in [5, 5.41) is 0. The third-order valence-corrected chi connectivity index (χ3v) is 0. The standard InChI is InChI=1S/Li.H3N.H4O4Si.H/c;;1-5(2,3)4;/h;1H3;1-4H;/q+1;;;-1. The molecule has 7 N–H and O–H groups in total. The Morgan fingerprint density at radius 2 is 1.00 bits per heavy atom. The molecule has 0 radical (unpaired) electrons. The molecule has 0 fully saturated rings. The van der Waals surface area contributed by atoms with Crippen LogP contribution in [0.3, 0.4) is 0 Å². The van der Waals surface area contributed by atoms with Crippen molar-refractivity contribution in [2.45, 2.75) is 0 Å². The summed E-state index contributed by atoms with van der Waals surface area (Å²) in [6.07, 6.45) is 0. The second kappa shape index (κ2) is 4.77. The van der Waals surface area contributed by atoms with Gasteiger partial charge in [-0.25, -0.2) is 0 Å². The van der Waals surface area contributed by atoms with Gasteiger partial charge in [-0.2, -0.15) is 0 Å². The minimum absolute atomic E-state index is 0. The molecule has 0 saturated carbocycles. The van der Waals surface area contributed by atoms with E-state index in [1.807, 2.05) is 0 Å². The van der Waals surface area contributed by atoms with Gasteiger partial charge in [-0.05, 0) is 0 Å². The van der Waals surface area contributed by atoms with Crippen LogP contribution in [-0.2, 0) is 0 Å². The van der Waals surface area contributed by atoms with Gasteiger partial charge in [0.05, 0.1) is 0 Å². The van der Waals surface area contributed by atoms with Gasteiger partial charge in [0.25, 0.3) is 0 Å². The molecule has 0 rings (SSSR count). The third kappa shape index (κ3) is 373. The fourth-order valence-corrected chi connectivity index (χ4v) is 0. The normalized spacial score (nSPS) is 8.57. The molecule has 7 heteroatoms. The van der Waals surface area contributed by atoms with E-state index in [1.54, 1.807) is 0 Å². The topological polar surface area (TPSA) is 116 Å². The Labute approximate surface area is 55.3 Å². The van der Waals surface area contributed by atoms with Crippen LogP contribution in [0.5, 0.6) is 0 Å². The SMILES string of the molecule is N.O[Si](O)(O)O.[H-].[Li+]. The van der Waals surface area contributed by atoms with Crippen LogP contribution in [0.25, 0.3) is 0 Å². The molecular weight excluding hydrogens is 113 g/mol. The number of rotatable bonds is 0. The third-order valence-electron chi connectivity index (χ3n) is 0. The van der Waals surface area contributed by atoms with Crippen molar-refractivity contribution in [1.29, 1.82) is 0 Å². The molecule has 42 valence electrons. The predicted octanol–water partition coefficient (Wildman–Crippen LogP) is -5.33. The molecule has 0 aliphatic heterocycles. The smallest absolute Gasteiger partial charge is 1.00 e. The molecule has 7 heavy (non-hydrogen) atoms. The summed E-state index contributed by atoms with van der Waals surface area (Å²) in [6.45, 7) is 0. The van der Waals surface area contributed by atoms with Crippen molar-refractivity contribution in [2.24, 2.45) is 0 Å². The maximum Gasteiger partial charge on any atom is 1.00 e. The van der Waals surface area contributed by atoms with Gasteiger partial charge in [0.15, 0.2) is 0 Å². The van der Waals surface area contributed by atoms with Gasteiger partial charge >= 0.3 is 27.9 Å². The van der Waals surface area contributed by atoms with Crippen molar-refractivity contribution in [3.8, 4) is 0 Å². The first-order valence-corrected chi connectivity index (χ1v) is 2.68. The maximum atomic E-state index is 7.33. The fourth-order valence-electron chi connectivity index (χ4n) is 0. The van der Waals surface area contributed by atoms with E-state index in [9.17, 15) is 0 Å². The molecule has 5 nitrogen and oxygen atoms in total. The largest absolute Gasteiger partial charge is 1.00 e. The zero-order valence-corrected chi connectivity index (χ0v) is 5.00. The van der Waals surface area contributed by atoms with Gasteiger partial charge in [0, 0.05) is 0 Å². The summed E-state index contributed by atoms with van der Waals surface area (Å²) >= 11 is 0. The second-order valence-corrected chi connectivity index (χ2v) is 1.80. The zero-order chi connectivity index (χ0) is 4.50. The van der Waals surface area contributed by atoms with Crippen molar-refractivity contribution in [3.63, 3.8) is 0 Å². The van der Waals surface area contributed by atoms with Crippen LogP contribution in [0.2, 0.25) is 0 Å². The molecule has 0 amide bonds. The Morgan fingerprint density at radius 1 is 1.00 bits per heavy atom. The molecule has 0 aliphatic carbocycles. The Kier molecular flexibility index (Phi) is 10.7. The van der Waals surface area contributed by atoms with Crippen LogP contribution in [0.1, 0.15) is 1.43 Å². The van der Waals surface area contributed by atoms with Gasteiger partial charge in [0.1, 0.15) is 0 Å². The quantitative estimate of drug-likeness (QED) is 0.205. The van der Waals surface area contributed by atoms with Crippen molar-refractivity contribution < 1.29 is 39.5 Å². The fraction of sp³-hybridized carbons (Fsp3) is 0. The van der Waals surface area contributed by atoms with Gasteiger partial charge < -0.3 is 26.8 Å². The molecule has 0 unspecified atom stereocenters. The average molecular weight is 121 g/mol. The molecule has 0 spiro atoms. The van der Waals surface area contributed by atoms with Crippen molar-refractivity contribution in [3.05, 3.63) is 0 Å². The molecule has 0 aliphatic rings. The molecule has 0 aromatic heterocycles. The van der Waals surface area contributed by atoms with Crippen molar-refractivity contribution in [2.75, 3.05) is 0 Å². The molecule has 0 aromatic rings. The summed E-state index contributed by atoms with van der Waals surface area (Å²) in [5.41, 5.74) is 0. The van der Waals surface area contributed by atoms with Crippen molar-refractivity contribution >= 4 is 9.05 Å². The molecule has 0 bridgehead atoms. The monoisotopic (exact) mass is 121 g/mol. The van der Waals surface area contributed by atoms with Crippen LogP contribution in [0.15, 0.2) is 0 Å². The van der Waals surface area contributed by atoms with E-state index in [1.165, 1.54) is 0 Å². The van der Waals surface area contributed by atoms with E-state index in [-0.39, 0.29) is 26.4 Å². The number of hydrogen-bond donors (Lipinski definition) is 5. The minimum Gasteiger partial charge on any atom is -1.00 e. The van der Waals surface area contributed by atoms with E-state index in [4.69, 9.17) is 19.2 Å². The van der Waals surface area contributed by atoms with Gasteiger partial charge in [0.2, 0.25) is 0 Å². The van der Waals surface area contributed by atoms with Crippen LogP contribution >= 0.6 is 0 Å². The summed E-state index contributed by atoms with van der Waals surface area (Å²) in [7, 11) is -4.61. The van der Waals surface area contributed by atoms with Gasteiger partial charge in [-0.15, -0.1) is 0 Å². The van der Waals surface area contributed by atoms with Crippen molar-refractivity contribution in [1.82, 2.24) is 6.15 Å².